The summed E-state index contributed by atoms with van der Waals surface area (Å²) in [5, 5.41) is 4.50. The molecular weight excluding hydrogens is 288 g/mol. The molecule has 0 fully saturated rings. The van der Waals surface area contributed by atoms with Crippen molar-refractivity contribution >= 4 is 23.2 Å². The van der Waals surface area contributed by atoms with Crippen LogP contribution in [0.3, 0.4) is 0 Å². The molecule has 0 spiro atoms. The Bertz CT molecular complexity index is 555. The Morgan fingerprint density at radius 3 is 2.76 bits per heavy atom. The molecule has 0 bridgehead atoms. The van der Waals surface area contributed by atoms with E-state index in [4.69, 9.17) is 10.5 Å². The van der Waals surface area contributed by atoms with Crippen LogP contribution in [0.4, 0.5) is 0 Å². The minimum atomic E-state index is -0.653. The second-order valence-corrected chi connectivity index (χ2v) is 5.76. The van der Waals surface area contributed by atoms with Crippen LogP contribution in [0.5, 0.6) is 0 Å². The molecule has 1 aromatic heterocycles. The predicted octanol–water partition coefficient (Wildman–Crippen LogP) is 1.38. The van der Waals surface area contributed by atoms with Crippen molar-refractivity contribution in [3.8, 4) is 11.8 Å². The summed E-state index contributed by atoms with van der Waals surface area (Å²) in [7, 11) is 1.31. The highest BCUT2D eigenvalue weighted by atomic mass is 32.1. The summed E-state index contributed by atoms with van der Waals surface area (Å²) in [6.07, 6.45) is 0.521. The minimum absolute atomic E-state index is 0.231. The largest absolute Gasteiger partial charge is 0.467 e. The highest BCUT2D eigenvalue weighted by Gasteiger charge is 2.24. The zero-order valence-electron chi connectivity index (χ0n) is 12.4. The van der Waals surface area contributed by atoms with E-state index < -0.39 is 12.0 Å². The summed E-state index contributed by atoms with van der Waals surface area (Å²) in [6, 6.07) is 1.11. The number of esters is 1. The molecule has 21 heavy (non-hydrogen) atoms. The van der Waals surface area contributed by atoms with Crippen LogP contribution < -0.4 is 11.1 Å². The summed E-state index contributed by atoms with van der Waals surface area (Å²) in [4.78, 5) is 24.5. The number of amides is 1. The maximum Gasteiger partial charge on any atom is 0.328 e. The van der Waals surface area contributed by atoms with Gasteiger partial charge in [0, 0.05) is 5.56 Å². The van der Waals surface area contributed by atoms with Crippen LogP contribution in [0.1, 0.15) is 35.5 Å². The molecule has 0 radical (unpaired) electrons. The van der Waals surface area contributed by atoms with Gasteiger partial charge < -0.3 is 15.8 Å². The van der Waals surface area contributed by atoms with Crippen molar-refractivity contribution < 1.29 is 14.3 Å². The molecule has 0 saturated heterocycles. The van der Waals surface area contributed by atoms with Crippen LogP contribution in [0.25, 0.3) is 0 Å². The number of methoxy groups -OCH3 is 1. The van der Waals surface area contributed by atoms with Crippen LogP contribution in [-0.2, 0) is 9.53 Å². The Balaban J connectivity index is 2.87. The molecular formula is C15H20N2O3S. The van der Waals surface area contributed by atoms with Gasteiger partial charge in [-0.2, -0.15) is 0 Å². The van der Waals surface area contributed by atoms with E-state index in [1.165, 1.54) is 18.4 Å². The summed E-state index contributed by atoms with van der Waals surface area (Å²) < 4.78 is 4.73. The number of ether oxygens (including phenoxy) is 1. The minimum Gasteiger partial charge on any atom is -0.467 e. The van der Waals surface area contributed by atoms with E-state index in [-0.39, 0.29) is 18.4 Å². The number of carbonyl (C=O) groups is 2. The standard InChI is InChI=1S/C15H20N2O3S/c1-10(2)9-12(15(19)20-3)17-14(18)13-11(5-4-7-16)6-8-21-13/h6,8,10,12H,7,9,16H2,1-3H3,(H,17,18). The van der Waals surface area contributed by atoms with Gasteiger partial charge in [0.1, 0.15) is 10.9 Å². The van der Waals surface area contributed by atoms with Crippen molar-refractivity contribution in [1.82, 2.24) is 5.32 Å². The molecule has 1 rings (SSSR count). The number of carbonyl (C=O) groups excluding carboxylic acids is 2. The van der Waals surface area contributed by atoms with Crippen LogP contribution in [-0.4, -0.2) is 31.6 Å². The van der Waals surface area contributed by atoms with Gasteiger partial charge in [0.2, 0.25) is 0 Å². The zero-order valence-corrected chi connectivity index (χ0v) is 13.3. The quantitative estimate of drug-likeness (QED) is 0.636. The van der Waals surface area contributed by atoms with Gasteiger partial charge in [-0.15, -0.1) is 11.3 Å². The summed E-state index contributed by atoms with van der Waals surface area (Å²) in [5.74, 6) is 5.07. The van der Waals surface area contributed by atoms with Crippen molar-refractivity contribution in [2.24, 2.45) is 11.7 Å². The molecule has 1 heterocycles. The third kappa shape index (κ3) is 5.21. The first-order valence-electron chi connectivity index (χ1n) is 6.64. The molecule has 1 atom stereocenters. The van der Waals surface area contributed by atoms with E-state index >= 15 is 0 Å². The van der Waals surface area contributed by atoms with Crippen LogP contribution in [0, 0.1) is 17.8 Å². The Hall–Kier alpha value is -1.84. The van der Waals surface area contributed by atoms with Crippen LogP contribution in [0.15, 0.2) is 11.4 Å². The average molecular weight is 308 g/mol. The van der Waals surface area contributed by atoms with Crippen molar-refractivity contribution in [1.29, 1.82) is 0 Å². The maximum absolute atomic E-state index is 12.3. The second kappa shape index (κ2) is 8.45. The van der Waals surface area contributed by atoms with Gasteiger partial charge in [0.25, 0.3) is 5.91 Å². The van der Waals surface area contributed by atoms with Crippen molar-refractivity contribution in [3.05, 3.63) is 21.9 Å². The highest BCUT2D eigenvalue weighted by molar-refractivity contribution is 7.12. The second-order valence-electron chi connectivity index (χ2n) is 4.85. The molecule has 0 aliphatic carbocycles. The molecule has 1 aromatic rings. The first kappa shape index (κ1) is 17.2. The first-order chi connectivity index (χ1) is 9.99. The Kier molecular flexibility index (Phi) is 6.92. The van der Waals surface area contributed by atoms with Crippen molar-refractivity contribution in [2.75, 3.05) is 13.7 Å². The third-order valence-corrected chi connectivity index (χ3v) is 3.61. The fourth-order valence-electron chi connectivity index (χ4n) is 1.78. The molecule has 0 saturated carbocycles. The number of nitrogens with two attached hydrogens (primary N) is 1. The third-order valence-electron chi connectivity index (χ3n) is 2.69. The lowest BCUT2D eigenvalue weighted by Gasteiger charge is -2.18. The summed E-state index contributed by atoms with van der Waals surface area (Å²) >= 11 is 1.28. The molecule has 0 aromatic carbocycles. The normalized spacial score (nSPS) is 11.5. The SMILES string of the molecule is COC(=O)C(CC(C)C)NC(=O)c1sccc1C#CCN. The Labute approximate surface area is 128 Å². The molecule has 114 valence electrons. The molecule has 0 aliphatic rings. The van der Waals surface area contributed by atoms with E-state index in [0.717, 1.165) is 0 Å². The number of rotatable bonds is 5. The lowest BCUT2D eigenvalue weighted by Crippen LogP contribution is -2.42. The first-order valence-corrected chi connectivity index (χ1v) is 7.52. The number of thiophene rings is 1. The monoisotopic (exact) mass is 308 g/mol. The Morgan fingerprint density at radius 1 is 1.48 bits per heavy atom. The van der Waals surface area contributed by atoms with E-state index in [9.17, 15) is 9.59 Å². The van der Waals surface area contributed by atoms with Gasteiger partial charge in [-0.1, -0.05) is 25.7 Å². The van der Waals surface area contributed by atoms with Crippen molar-refractivity contribution in [2.45, 2.75) is 26.3 Å². The molecule has 1 unspecified atom stereocenters. The van der Waals surface area contributed by atoms with Crippen LogP contribution >= 0.6 is 11.3 Å². The van der Waals surface area contributed by atoms with Crippen molar-refractivity contribution in [3.63, 3.8) is 0 Å². The number of hydrogen-bond acceptors (Lipinski definition) is 5. The van der Waals surface area contributed by atoms with E-state index in [0.29, 0.717) is 16.9 Å². The molecule has 5 nitrogen and oxygen atoms in total. The summed E-state index contributed by atoms with van der Waals surface area (Å²) in [5.41, 5.74) is 5.95. The van der Waals surface area contributed by atoms with Gasteiger partial charge in [-0.3, -0.25) is 4.79 Å². The molecule has 1 amide bonds. The highest BCUT2D eigenvalue weighted by Crippen LogP contribution is 2.16. The predicted molar refractivity (Wildman–Crippen MR) is 83.0 cm³/mol. The van der Waals surface area contributed by atoms with Crippen LogP contribution in [0.2, 0.25) is 0 Å². The lowest BCUT2D eigenvalue weighted by atomic mass is 10.0. The Morgan fingerprint density at radius 2 is 2.19 bits per heavy atom. The van der Waals surface area contributed by atoms with Gasteiger partial charge in [0.05, 0.1) is 13.7 Å². The smallest absolute Gasteiger partial charge is 0.328 e. The number of nitrogens with one attached hydrogen (secondary N) is 1. The maximum atomic E-state index is 12.3. The fourth-order valence-corrected chi connectivity index (χ4v) is 2.53. The van der Waals surface area contributed by atoms with Gasteiger partial charge in [-0.25, -0.2) is 4.79 Å². The molecule has 6 heteroatoms. The van der Waals surface area contributed by atoms with E-state index in [2.05, 4.69) is 17.2 Å². The topological polar surface area (TPSA) is 81.4 Å². The van der Waals surface area contributed by atoms with E-state index in [1.807, 2.05) is 13.8 Å². The number of hydrogen-bond donors (Lipinski definition) is 2. The lowest BCUT2D eigenvalue weighted by molar-refractivity contribution is -0.143. The average Bonchev–Trinajstić information content (AvgIpc) is 2.91. The zero-order chi connectivity index (χ0) is 15.8. The summed E-state index contributed by atoms with van der Waals surface area (Å²) in [6.45, 7) is 4.19. The van der Waals surface area contributed by atoms with Gasteiger partial charge in [0.15, 0.2) is 0 Å². The molecule has 3 N–H and O–H groups in total. The molecule has 0 aliphatic heterocycles. The fraction of sp³-hybridized carbons (Fsp3) is 0.467. The van der Waals surface area contributed by atoms with Gasteiger partial charge >= 0.3 is 5.97 Å². The van der Waals surface area contributed by atoms with Gasteiger partial charge in [-0.05, 0) is 23.8 Å². The van der Waals surface area contributed by atoms with E-state index in [1.54, 1.807) is 11.4 Å².